The van der Waals surface area contributed by atoms with E-state index in [0.29, 0.717) is 5.92 Å². The van der Waals surface area contributed by atoms with Gasteiger partial charge in [-0.15, -0.1) is 0 Å². The fourth-order valence-corrected chi connectivity index (χ4v) is 6.00. The van der Waals surface area contributed by atoms with Crippen LogP contribution in [0.4, 0.5) is 0 Å². The molecule has 3 aromatic rings. The molecule has 1 unspecified atom stereocenters. The van der Waals surface area contributed by atoms with Crippen LogP contribution in [-0.2, 0) is 9.47 Å². The molecule has 2 fully saturated rings. The second-order valence-corrected chi connectivity index (χ2v) is 16.4. The van der Waals surface area contributed by atoms with Crippen LogP contribution >= 0.6 is 0 Å². The maximum absolute atomic E-state index is 5.17. The molecule has 3 aliphatic rings. The van der Waals surface area contributed by atoms with Crippen LogP contribution in [0, 0.1) is 86.0 Å². The summed E-state index contributed by atoms with van der Waals surface area (Å²) in [7, 11) is 0. The van der Waals surface area contributed by atoms with Crippen LogP contribution in [0.15, 0.2) is 66.2 Å². The molecule has 0 spiro atoms. The molecule has 2 heteroatoms. The Hall–Kier alpha value is -2.68. The lowest BCUT2D eigenvalue weighted by Crippen LogP contribution is -2.27. The van der Waals surface area contributed by atoms with Crippen LogP contribution < -0.4 is 0 Å². The Bertz CT molecular complexity index is 1300. The van der Waals surface area contributed by atoms with Gasteiger partial charge < -0.3 is 9.47 Å². The maximum Gasteiger partial charge on any atom is 0.154 e. The Kier molecular flexibility index (Phi) is 23.0. The van der Waals surface area contributed by atoms with Crippen LogP contribution in [0.5, 0.6) is 0 Å². The molecular weight excluding hydrogens is 621 g/mol. The molecule has 51 heavy (non-hydrogen) atoms. The smallest absolute Gasteiger partial charge is 0.154 e. The predicted octanol–water partition coefficient (Wildman–Crippen LogP) is 14.4. The van der Waals surface area contributed by atoms with E-state index < -0.39 is 0 Å². The molecular formula is C49H78O2. The Morgan fingerprint density at radius 3 is 1.22 bits per heavy atom. The normalized spacial score (nSPS) is 22.3. The fraction of sp³-hybridized carbons (Fsp3) is 0.592. The summed E-state index contributed by atoms with van der Waals surface area (Å²) in [6.45, 7) is 34.2. The highest BCUT2D eigenvalue weighted by Crippen LogP contribution is 2.27. The van der Waals surface area contributed by atoms with Gasteiger partial charge in [0, 0.05) is 5.92 Å². The van der Waals surface area contributed by atoms with Crippen molar-refractivity contribution in [2.45, 2.75) is 155 Å². The first-order valence-corrected chi connectivity index (χ1v) is 20.0. The third-order valence-corrected chi connectivity index (χ3v) is 10.4. The topological polar surface area (TPSA) is 18.5 Å². The van der Waals surface area contributed by atoms with E-state index in [1.807, 2.05) is 6.92 Å². The zero-order chi connectivity index (χ0) is 38.5. The first-order valence-electron chi connectivity index (χ1n) is 20.0. The first kappa shape index (κ1) is 46.3. The lowest BCUT2D eigenvalue weighted by atomic mass is 9.84. The summed E-state index contributed by atoms with van der Waals surface area (Å²) in [5.41, 5.74) is 13.9. The van der Waals surface area contributed by atoms with Crippen molar-refractivity contribution >= 4 is 0 Å². The summed E-state index contributed by atoms with van der Waals surface area (Å²) in [5.74, 6) is 3.56. The molecule has 1 saturated heterocycles. The number of rotatable bonds is 0. The molecule has 0 bridgehead atoms. The summed E-state index contributed by atoms with van der Waals surface area (Å²) < 4.78 is 10.3. The van der Waals surface area contributed by atoms with Crippen molar-refractivity contribution in [1.82, 2.24) is 0 Å². The molecule has 1 aliphatic heterocycles. The van der Waals surface area contributed by atoms with Crippen LogP contribution in [0.3, 0.4) is 0 Å². The average Bonchev–Trinajstić information content (AvgIpc) is 3.09. The van der Waals surface area contributed by atoms with Gasteiger partial charge in [-0.2, -0.15) is 0 Å². The zero-order valence-electron chi connectivity index (χ0n) is 35.8. The van der Waals surface area contributed by atoms with E-state index in [-0.39, 0.29) is 6.29 Å². The van der Waals surface area contributed by atoms with Gasteiger partial charge in [0.1, 0.15) is 0 Å². The lowest BCUT2D eigenvalue weighted by Gasteiger charge is -2.24. The highest BCUT2D eigenvalue weighted by atomic mass is 16.7. The number of aryl methyl sites for hydroxylation is 8. The van der Waals surface area contributed by atoms with E-state index in [4.69, 9.17) is 9.47 Å². The molecule has 2 nitrogen and oxygen atoms in total. The van der Waals surface area contributed by atoms with Crippen molar-refractivity contribution in [3.63, 3.8) is 0 Å². The van der Waals surface area contributed by atoms with Gasteiger partial charge >= 0.3 is 0 Å². The van der Waals surface area contributed by atoms with E-state index in [9.17, 15) is 0 Å². The molecule has 286 valence electrons. The number of hydrogen-bond acceptors (Lipinski definition) is 2. The van der Waals surface area contributed by atoms with Gasteiger partial charge in [0.2, 0.25) is 0 Å². The minimum atomic E-state index is 0.0196. The largest absolute Gasteiger partial charge is 0.353 e. The van der Waals surface area contributed by atoms with E-state index in [1.165, 1.54) is 95.0 Å². The van der Waals surface area contributed by atoms with Crippen molar-refractivity contribution in [2.24, 2.45) is 23.7 Å². The van der Waals surface area contributed by atoms with Gasteiger partial charge in [0.25, 0.3) is 0 Å². The van der Waals surface area contributed by atoms with Crippen molar-refractivity contribution in [3.8, 4) is 0 Å². The molecule has 0 amide bonds. The Labute approximate surface area is 316 Å². The summed E-state index contributed by atoms with van der Waals surface area (Å²) in [4.78, 5) is 0. The number of benzene rings is 3. The summed E-state index contributed by atoms with van der Waals surface area (Å²) in [6, 6.07) is 19.4. The van der Waals surface area contributed by atoms with Gasteiger partial charge in [-0.05, 0) is 141 Å². The van der Waals surface area contributed by atoms with E-state index in [0.717, 1.165) is 31.0 Å². The summed E-state index contributed by atoms with van der Waals surface area (Å²) in [5, 5.41) is 0. The second kappa shape index (κ2) is 25.3. The predicted molar refractivity (Wildman–Crippen MR) is 226 cm³/mol. The lowest BCUT2D eigenvalue weighted by molar-refractivity contribution is -0.187. The third kappa shape index (κ3) is 22.1. The zero-order valence-corrected chi connectivity index (χ0v) is 35.8. The highest BCUT2D eigenvalue weighted by Gasteiger charge is 2.14. The van der Waals surface area contributed by atoms with Gasteiger partial charge in [0.05, 0.1) is 13.2 Å². The minimum Gasteiger partial charge on any atom is -0.353 e. The van der Waals surface area contributed by atoms with Crippen LogP contribution in [0.2, 0.25) is 0 Å². The van der Waals surface area contributed by atoms with E-state index in [2.05, 4.69) is 158 Å². The second-order valence-electron chi connectivity index (χ2n) is 16.4. The molecule has 6 rings (SSSR count). The first-order chi connectivity index (χ1) is 24.0. The van der Waals surface area contributed by atoms with Crippen LogP contribution in [-0.4, -0.2) is 19.5 Å². The average molecular weight is 699 g/mol. The summed E-state index contributed by atoms with van der Waals surface area (Å²) >= 11 is 0. The van der Waals surface area contributed by atoms with Gasteiger partial charge in [-0.1, -0.05) is 142 Å². The minimum absolute atomic E-state index is 0.0196. The molecule has 1 heterocycles. The number of allylic oxidation sites excluding steroid dienone is 2. The number of ether oxygens (including phenoxy) is 2. The quantitative estimate of drug-likeness (QED) is 0.218. The Morgan fingerprint density at radius 1 is 0.431 bits per heavy atom. The Morgan fingerprint density at radius 2 is 0.863 bits per heavy atom. The molecule has 0 aromatic heterocycles. The number of hydrogen-bond donors (Lipinski definition) is 0. The van der Waals surface area contributed by atoms with Crippen LogP contribution in [0.1, 0.15) is 137 Å². The van der Waals surface area contributed by atoms with E-state index >= 15 is 0 Å². The fourth-order valence-electron chi connectivity index (χ4n) is 6.00. The van der Waals surface area contributed by atoms with Gasteiger partial charge in [0.15, 0.2) is 6.29 Å². The molecule has 0 N–H and O–H groups in total. The van der Waals surface area contributed by atoms with Crippen LogP contribution in [0.25, 0.3) is 0 Å². The molecule has 1 saturated carbocycles. The standard InChI is InChI=1S/C10H14.C9H12.C8H16.C8H14.C8H10.C6H12O2/c1-7-5-8(2)10(4)9(3)6-7;1-7-4-5-8(2)9(3)6-7;3*1-7-3-5-8(2)6-4-7;1-5-3-7-6(2)8-4-5/h5-6H,1-4H3;4-6H,1-3H3;7-8H,3-6H2,1-2H3;3,8H,4-6H2,1-2H3;3-6H,1-2H3;5-6H,3-4H2,1-2H3. The molecule has 0 radical (unpaired) electrons. The maximum atomic E-state index is 5.17. The van der Waals surface area contributed by atoms with Gasteiger partial charge in [-0.3, -0.25) is 0 Å². The van der Waals surface area contributed by atoms with Crippen molar-refractivity contribution in [2.75, 3.05) is 13.2 Å². The molecule has 1 atom stereocenters. The molecule has 2 aliphatic carbocycles. The van der Waals surface area contributed by atoms with Crippen molar-refractivity contribution < 1.29 is 9.47 Å². The summed E-state index contributed by atoms with van der Waals surface area (Å²) in [6.07, 6.45) is 12.3. The monoisotopic (exact) mass is 699 g/mol. The van der Waals surface area contributed by atoms with E-state index in [1.54, 1.807) is 5.57 Å². The van der Waals surface area contributed by atoms with Gasteiger partial charge in [-0.25, -0.2) is 0 Å². The SMILES string of the molecule is CC1=CCC(C)CC1.CC1CCC(C)CC1.CC1COC(C)OC1.Cc1cc(C)c(C)c(C)c1.Cc1ccc(C)c(C)c1.Cc1ccc(C)cc1. The Balaban J connectivity index is 0.000000307. The molecule has 3 aromatic carbocycles. The van der Waals surface area contributed by atoms with Crippen molar-refractivity contribution in [1.29, 1.82) is 0 Å². The highest BCUT2D eigenvalue weighted by molar-refractivity contribution is 5.36. The third-order valence-electron chi connectivity index (χ3n) is 10.4. The van der Waals surface area contributed by atoms with Crippen molar-refractivity contribution in [3.05, 3.63) is 116 Å².